The number of halogens is 1. The molecule has 4 fully saturated rings. The van der Waals surface area contributed by atoms with Crippen molar-refractivity contribution in [3.63, 3.8) is 0 Å². The molecular formula is C21H26BrNO. The molecule has 4 aliphatic rings. The van der Waals surface area contributed by atoms with Crippen molar-refractivity contribution in [2.45, 2.75) is 51.5 Å². The molecule has 1 N–H and O–H groups in total. The predicted molar refractivity (Wildman–Crippen MR) is 101 cm³/mol. The molecule has 4 saturated carbocycles. The van der Waals surface area contributed by atoms with Crippen LogP contribution in [0.25, 0.3) is 6.08 Å². The molecule has 0 heterocycles. The Morgan fingerprint density at radius 2 is 1.67 bits per heavy atom. The van der Waals surface area contributed by atoms with Gasteiger partial charge in [0.25, 0.3) is 0 Å². The van der Waals surface area contributed by atoms with E-state index in [1.165, 1.54) is 38.5 Å². The maximum Gasteiger partial charge on any atom is 0.244 e. The normalized spacial score (nSPS) is 35.3. The van der Waals surface area contributed by atoms with Crippen molar-refractivity contribution in [2.75, 3.05) is 0 Å². The molecule has 0 unspecified atom stereocenters. The first-order valence-corrected chi connectivity index (χ1v) is 10.1. The fourth-order valence-electron chi connectivity index (χ4n) is 5.87. The van der Waals surface area contributed by atoms with Gasteiger partial charge in [-0.1, -0.05) is 28.1 Å². The molecule has 2 nitrogen and oxygen atoms in total. The molecule has 1 atom stereocenters. The van der Waals surface area contributed by atoms with Gasteiger partial charge in [0.2, 0.25) is 5.91 Å². The van der Waals surface area contributed by atoms with Crippen molar-refractivity contribution >= 4 is 27.9 Å². The number of carbonyl (C=O) groups is 1. The molecule has 3 heteroatoms. The van der Waals surface area contributed by atoms with E-state index in [0.717, 1.165) is 27.8 Å². The standard InChI is InChI=1S/C21H26BrNO/c1-14(21-11-16-8-17(12-21)10-18(9-16)13-21)23-20(24)7-4-15-2-5-19(22)6-3-15/h2-7,14,16-18H,8-13H2,1H3,(H,23,24)/b7-4+/t14-,16?,17?,18?,21?/m0/s1. The maximum absolute atomic E-state index is 12.4. The van der Waals surface area contributed by atoms with Crippen molar-refractivity contribution < 1.29 is 4.79 Å². The fraction of sp³-hybridized carbons (Fsp3) is 0.571. The van der Waals surface area contributed by atoms with Crippen molar-refractivity contribution in [1.82, 2.24) is 5.32 Å². The molecular weight excluding hydrogens is 362 g/mol. The van der Waals surface area contributed by atoms with Crippen molar-refractivity contribution in [3.05, 3.63) is 40.4 Å². The number of nitrogens with one attached hydrogen (secondary N) is 1. The summed E-state index contributed by atoms with van der Waals surface area (Å²) in [7, 11) is 0. The highest BCUT2D eigenvalue weighted by Gasteiger charge is 2.53. The van der Waals surface area contributed by atoms with Gasteiger partial charge in [0.1, 0.15) is 0 Å². The zero-order valence-corrected chi connectivity index (χ0v) is 15.9. The Hall–Kier alpha value is -1.09. The molecule has 0 radical (unpaired) electrons. The van der Waals surface area contributed by atoms with E-state index in [2.05, 4.69) is 28.2 Å². The van der Waals surface area contributed by atoms with Crippen LogP contribution in [0.15, 0.2) is 34.8 Å². The summed E-state index contributed by atoms with van der Waals surface area (Å²) in [6.45, 7) is 2.23. The number of benzene rings is 1. The Labute approximate surface area is 153 Å². The SMILES string of the molecule is C[C@H](NC(=O)/C=C/c1ccc(Br)cc1)C12CC3CC(CC(C3)C1)C2. The van der Waals surface area contributed by atoms with E-state index in [9.17, 15) is 4.79 Å². The largest absolute Gasteiger partial charge is 0.350 e. The summed E-state index contributed by atoms with van der Waals surface area (Å²) in [6.07, 6.45) is 11.9. The zero-order chi connectivity index (χ0) is 16.7. The third kappa shape index (κ3) is 3.20. The van der Waals surface area contributed by atoms with E-state index < -0.39 is 0 Å². The molecule has 0 spiro atoms. The smallest absolute Gasteiger partial charge is 0.244 e. The van der Waals surface area contributed by atoms with Crippen molar-refractivity contribution in [1.29, 1.82) is 0 Å². The van der Waals surface area contributed by atoms with Crippen LogP contribution < -0.4 is 5.32 Å². The van der Waals surface area contributed by atoms with Gasteiger partial charge in [0.15, 0.2) is 0 Å². The van der Waals surface area contributed by atoms with Gasteiger partial charge in [0.05, 0.1) is 0 Å². The third-order valence-corrected chi connectivity index (χ3v) is 7.19. The lowest BCUT2D eigenvalue weighted by atomic mass is 9.48. The first-order chi connectivity index (χ1) is 11.5. The predicted octanol–water partition coefficient (Wildman–Crippen LogP) is 5.18. The monoisotopic (exact) mass is 387 g/mol. The second kappa shape index (κ2) is 6.33. The molecule has 0 saturated heterocycles. The molecule has 1 aromatic carbocycles. The van der Waals surface area contributed by atoms with E-state index in [1.807, 2.05) is 30.3 Å². The average molecular weight is 388 g/mol. The van der Waals surface area contributed by atoms with E-state index in [0.29, 0.717) is 5.41 Å². The Morgan fingerprint density at radius 1 is 1.12 bits per heavy atom. The minimum atomic E-state index is 0.0427. The Morgan fingerprint density at radius 3 is 2.21 bits per heavy atom. The second-order valence-electron chi connectivity index (χ2n) is 8.40. The molecule has 128 valence electrons. The Kier molecular flexibility index (Phi) is 4.32. The van der Waals surface area contributed by atoms with Gasteiger partial charge in [0, 0.05) is 16.6 Å². The molecule has 24 heavy (non-hydrogen) atoms. The van der Waals surface area contributed by atoms with Gasteiger partial charge >= 0.3 is 0 Å². The molecule has 1 amide bonds. The molecule has 4 bridgehead atoms. The van der Waals surface area contributed by atoms with Crippen LogP contribution >= 0.6 is 15.9 Å². The highest BCUT2D eigenvalue weighted by molar-refractivity contribution is 9.10. The van der Waals surface area contributed by atoms with E-state index >= 15 is 0 Å². The van der Waals surface area contributed by atoms with Gasteiger partial charge in [-0.05, 0) is 92.4 Å². The van der Waals surface area contributed by atoms with Crippen LogP contribution in [-0.2, 0) is 4.79 Å². The summed E-state index contributed by atoms with van der Waals surface area (Å²) in [5.74, 6) is 2.82. The highest BCUT2D eigenvalue weighted by atomic mass is 79.9. The van der Waals surface area contributed by atoms with Crippen LogP contribution in [0.5, 0.6) is 0 Å². The maximum atomic E-state index is 12.4. The van der Waals surface area contributed by atoms with Crippen LogP contribution in [0.3, 0.4) is 0 Å². The van der Waals surface area contributed by atoms with Gasteiger partial charge < -0.3 is 5.32 Å². The Balaban J connectivity index is 1.39. The molecule has 0 aliphatic heterocycles. The number of carbonyl (C=O) groups excluding carboxylic acids is 1. The fourth-order valence-corrected chi connectivity index (χ4v) is 6.13. The zero-order valence-electron chi connectivity index (χ0n) is 14.3. The van der Waals surface area contributed by atoms with Gasteiger partial charge in [-0.3, -0.25) is 4.79 Å². The summed E-state index contributed by atoms with van der Waals surface area (Å²) >= 11 is 3.43. The first kappa shape index (κ1) is 16.4. The summed E-state index contributed by atoms with van der Waals surface area (Å²) in [4.78, 5) is 12.4. The minimum Gasteiger partial charge on any atom is -0.350 e. The molecule has 4 aliphatic carbocycles. The second-order valence-corrected chi connectivity index (χ2v) is 9.31. The lowest BCUT2D eigenvalue weighted by Gasteiger charge is -2.59. The van der Waals surface area contributed by atoms with Crippen molar-refractivity contribution in [3.8, 4) is 0 Å². The first-order valence-electron chi connectivity index (χ1n) is 9.26. The van der Waals surface area contributed by atoms with Crippen LogP contribution in [0.4, 0.5) is 0 Å². The van der Waals surface area contributed by atoms with E-state index in [1.54, 1.807) is 6.08 Å². The van der Waals surface area contributed by atoms with Gasteiger partial charge in [-0.2, -0.15) is 0 Å². The number of hydrogen-bond donors (Lipinski definition) is 1. The lowest BCUT2D eigenvalue weighted by Crippen LogP contribution is -2.55. The van der Waals surface area contributed by atoms with Crippen LogP contribution in [-0.4, -0.2) is 11.9 Å². The molecule has 0 aromatic heterocycles. The number of amides is 1. The summed E-state index contributed by atoms with van der Waals surface area (Å²) in [5, 5.41) is 3.28. The lowest BCUT2D eigenvalue weighted by molar-refractivity contribution is -0.121. The minimum absolute atomic E-state index is 0.0427. The van der Waals surface area contributed by atoms with Crippen LogP contribution in [0.2, 0.25) is 0 Å². The quantitative estimate of drug-likeness (QED) is 0.708. The van der Waals surface area contributed by atoms with Gasteiger partial charge in [-0.25, -0.2) is 0 Å². The van der Waals surface area contributed by atoms with Crippen molar-refractivity contribution in [2.24, 2.45) is 23.2 Å². The van der Waals surface area contributed by atoms with E-state index in [4.69, 9.17) is 0 Å². The van der Waals surface area contributed by atoms with Crippen LogP contribution in [0.1, 0.15) is 51.0 Å². The Bertz CT molecular complexity index is 613. The summed E-state index contributed by atoms with van der Waals surface area (Å²) < 4.78 is 1.06. The topological polar surface area (TPSA) is 29.1 Å². The van der Waals surface area contributed by atoms with Gasteiger partial charge in [-0.15, -0.1) is 0 Å². The average Bonchev–Trinajstić information content (AvgIpc) is 2.53. The summed E-state index contributed by atoms with van der Waals surface area (Å²) in [5.41, 5.74) is 1.42. The molecule has 1 aromatic rings. The highest BCUT2D eigenvalue weighted by Crippen LogP contribution is 2.61. The number of hydrogen-bond acceptors (Lipinski definition) is 1. The third-order valence-electron chi connectivity index (χ3n) is 6.66. The van der Waals surface area contributed by atoms with Crippen LogP contribution in [0, 0.1) is 23.2 Å². The summed E-state index contributed by atoms with van der Waals surface area (Å²) in [6, 6.07) is 8.30. The van der Waals surface area contributed by atoms with E-state index in [-0.39, 0.29) is 11.9 Å². The number of rotatable bonds is 4. The molecule has 5 rings (SSSR count).